The molecule has 7 nitrogen and oxygen atoms in total. The van der Waals surface area contributed by atoms with Crippen LogP contribution in [0.3, 0.4) is 0 Å². The van der Waals surface area contributed by atoms with E-state index in [-0.39, 0.29) is 13.0 Å². The lowest BCUT2D eigenvalue weighted by atomic mass is 10.2. The van der Waals surface area contributed by atoms with Gasteiger partial charge in [-0.15, -0.1) is 0 Å². The molecule has 0 aliphatic carbocycles. The summed E-state index contributed by atoms with van der Waals surface area (Å²) < 4.78 is 5.82. The average Bonchev–Trinajstić information content (AvgIpc) is 2.38. The molecule has 20 heavy (non-hydrogen) atoms. The van der Waals surface area contributed by atoms with Gasteiger partial charge in [-0.05, 0) is 18.2 Å². The van der Waals surface area contributed by atoms with Crippen LogP contribution in [0.25, 0.3) is 0 Å². The Bertz CT molecular complexity index is 495. The molecule has 0 spiro atoms. The molecule has 0 saturated carbocycles. The number of benzene rings is 1. The van der Waals surface area contributed by atoms with Gasteiger partial charge in [-0.2, -0.15) is 0 Å². The highest BCUT2D eigenvalue weighted by Gasteiger charge is 2.19. The molecule has 0 aliphatic heterocycles. The minimum Gasteiger partial charge on any atom is -0.495 e. The van der Waals surface area contributed by atoms with E-state index in [9.17, 15) is 9.59 Å². The fourth-order valence-corrected chi connectivity index (χ4v) is 1.84. The highest BCUT2D eigenvalue weighted by Crippen LogP contribution is 2.27. The normalized spacial score (nSPS) is 11.6. The van der Waals surface area contributed by atoms with Gasteiger partial charge in [0.1, 0.15) is 11.8 Å². The van der Waals surface area contributed by atoms with E-state index >= 15 is 0 Å². The van der Waals surface area contributed by atoms with Crippen molar-refractivity contribution < 1.29 is 24.5 Å². The Balaban J connectivity index is 2.75. The molecule has 0 aromatic heterocycles. The maximum absolute atomic E-state index is 11.7. The second-order valence-corrected chi connectivity index (χ2v) is 4.76. The Morgan fingerprint density at radius 2 is 2.15 bits per heavy atom. The van der Waals surface area contributed by atoms with Crippen molar-refractivity contribution in [2.24, 2.45) is 0 Å². The number of rotatable bonds is 6. The Morgan fingerprint density at radius 1 is 1.45 bits per heavy atom. The predicted octanol–water partition coefficient (Wildman–Crippen LogP) is 1.41. The lowest BCUT2D eigenvalue weighted by Crippen LogP contribution is -2.43. The van der Waals surface area contributed by atoms with E-state index in [0.717, 1.165) is 4.47 Å². The van der Waals surface area contributed by atoms with Crippen LogP contribution in [0.2, 0.25) is 0 Å². The zero-order chi connectivity index (χ0) is 15.1. The molecule has 0 radical (unpaired) electrons. The van der Waals surface area contributed by atoms with Gasteiger partial charge in [0.15, 0.2) is 0 Å². The third-order valence-electron chi connectivity index (χ3n) is 2.43. The maximum Gasteiger partial charge on any atom is 0.326 e. The Morgan fingerprint density at radius 3 is 2.70 bits per heavy atom. The van der Waals surface area contributed by atoms with Crippen molar-refractivity contribution in [2.45, 2.75) is 12.5 Å². The molecular weight excluding hydrogens is 332 g/mol. The molecule has 1 aromatic rings. The average molecular weight is 347 g/mol. The van der Waals surface area contributed by atoms with Gasteiger partial charge in [0, 0.05) is 17.5 Å². The number of ether oxygens (including phenoxy) is 1. The van der Waals surface area contributed by atoms with E-state index in [1.165, 1.54) is 7.11 Å². The van der Waals surface area contributed by atoms with E-state index in [1.54, 1.807) is 18.2 Å². The standard InChI is InChI=1S/C12H15BrN2O5/c1-20-10-3-2-7(13)6-9(10)15-12(19)14-8(4-5-16)11(17)18/h2-3,6,8,16H,4-5H2,1H3,(H,17,18)(H2,14,15,19). The molecular formula is C12H15BrN2O5. The van der Waals surface area contributed by atoms with Crippen molar-refractivity contribution in [3.63, 3.8) is 0 Å². The number of hydrogen-bond acceptors (Lipinski definition) is 4. The van der Waals surface area contributed by atoms with Crippen molar-refractivity contribution in [2.75, 3.05) is 19.0 Å². The number of halogens is 1. The molecule has 0 bridgehead atoms. The first-order valence-corrected chi connectivity index (χ1v) is 6.52. The van der Waals surface area contributed by atoms with Crippen LogP contribution in [0.4, 0.5) is 10.5 Å². The monoisotopic (exact) mass is 346 g/mol. The maximum atomic E-state index is 11.7. The predicted molar refractivity (Wildman–Crippen MR) is 76.0 cm³/mol. The van der Waals surface area contributed by atoms with Crippen LogP contribution in [-0.4, -0.2) is 42.0 Å². The van der Waals surface area contributed by atoms with Gasteiger partial charge in [0.05, 0.1) is 12.8 Å². The first-order valence-electron chi connectivity index (χ1n) is 5.72. The number of hydrogen-bond donors (Lipinski definition) is 4. The Kier molecular flexibility index (Phi) is 6.26. The first kappa shape index (κ1) is 16.3. The van der Waals surface area contributed by atoms with Crippen molar-refractivity contribution in [3.8, 4) is 5.75 Å². The number of nitrogens with one attached hydrogen (secondary N) is 2. The molecule has 1 rings (SSSR count). The number of aliphatic carboxylic acids is 1. The number of carbonyl (C=O) groups excluding carboxylic acids is 1. The molecule has 0 aliphatic rings. The van der Waals surface area contributed by atoms with E-state index in [4.69, 9.17) is 14.9 Å². The van der Waals surface area contributed by atoms with Gasteiger partial charge in [-0.25, -0.2) is 9.59 Å². The lowest BCUT2D eigenvalue weighted by molar-refractivity contribution is -0.139. The number of carboxylic acids is 1. The van der Waals surface area contributed by atoms with Gasteiger partial charge >= 0.3 is 12.0 Å². The van der Waals surface area contributed by atoms with Gasteiger partial charge in [-0.1, -0.05) is 15.9 Å². The molecule has 2 amide bonds. The van der Waals surface area contributed by atoms with Crippen LogP contribution < -0.4 is 15.4 Å². The zero-order valence-corrected chi connectivity index (χ0v) is 12.3. The number of carbonyl (C=O) groups is 2. The fourth-order valence-electron chi connectivity index (χ4n) is 1.48. The number of methoxy groups -OCH3 is 1. The molecule has 1 unspecified atom stereocenters. The van der Waals surface area contributed by atoms with E-state index < -0.39 is 18.0 Å². The summed E-state index contributed by atoms with van der Waals surface area (Å²) >= 11 is 3.26. The molecule has 110 valence electrons. The number of carboxylic acid groups (broad SMARTS) is 1. The molecule has 1 aromatic carbocycles. The molecule has 8 heteroatoms. The van der Waals surface area contributed by atoms with Gasteiger partial charge in [-0.3, -0.25) is 0 Å². The summed E-state index contributed by atoms with van der Waals surface area (Å²) in [6, 6.07) is 3.18. The molecule has 4 N–H and O–H groups in total. The van der Waals surface area contributed by atoms with E-state index in [0.29, 0.717) is 11.4 Å². The van der Waals surface area contributed by atoms with E-state index in [2.05, 4.69) is 26.6 Å². The lowest BCUT2D eigenvalue weighted by Gasteiger charge is -2.15. The van der Waals surface area contributed by atoms with Crippen LogP contribution >= 0.6 is 15.9 Å². The van der Waals surface area contributed by atoms with Gasteiger partial charge < -0.3 is 25.6 Å². The number of urea groups is 1. The summed E-state index contributed by atoms with van der Waals surface area (Å²) in [5, 5.41) is 22.4. The minimum absolute atomic E-state index is 0.0711. The van der Waals surface area contributed by atoms with Gasteiger partial charge in [0.25, 0.3) is 0 Å². The molecule has 0 saturated heterocycles. The first-order chi connectivity index (χ1) is 9.47. The Hall–Kier alpha value is -1.80. The molecule has 1 atom stereocenters. The number of aliphatic hydroxyl groups is 1. The summed E-state index contributed by atoms with van der Waals surface area (Å²) in [4.78, 5) is 22.6. The fraction of sp³-hybridized carbons (Fsp3) is 0.333. The Labute approximate surface area is 124 Å². The summed E-state index contributed by atoms with van der Waals surface area (Å²) in [6.45, 7) is -0.336. The summed E-state index contributed by atoms with van der Waals surface area (Å²) in [7, 11) is 1.46. The largest absolute Gasteiger partial charge is 0.495 e. The second-order valence-electron chi connectivity index (χ2n) is 3.85. The SMILES string of the molecule is COc1ccc(Br)cc1NC(=O)NC(CCO)C(=O)O. The third kappa shape index (κ3) is 4.71. The zero-order valence-electron chi connectivity index (χ0n) is 10.7. The summed E-state index contributed by atoms with van der Waals surface area (Å²) in [6.07, 6.45) is -0.0711. The number of anilines is 1. The minimum atomic E-state index is -1.21. The van der Waals surface area contributed by atoms with Crippen LogP contribution in [0.1, 0.15) is 6.42 Å². The van der Waals surface area contributed by atoms with Crippen molar-refractivity contribution in [1.29, 1.82) is 0 Å². The third-order valence-corrected chi connectivity index (χ3v) is 2.92. The van der Waals surface area contributed by atoms with Crippen molar-refractivity contribution >= 4 is 33.6 Å². The van der Waals surface area contributed by atoms with Crippen LogP contribution in [0, 0.1) is 0 Å². The van der Waals surface area contributed by atoms with Crippen LogP contribution in [-0.2, 0) is 4.79 Å². The number of amides is 2. The van der Waals surface area contributed by atoms with Crippen molar-refractivity contribution in [1.82, 2.24) is 5.32 Å². The summed E-state index contributed by atoms with van der Waals surface area (Å²) in [5.74, 6) is -0.771. The molecule has 0 heterocycles. The number of aliphatic hydroxyl groups excluding tert-OH is 1. The molecule has 0 fully saturated rings. The van der Waals surface area contributed by atoms with Gasteiger partial charge in [0.2, 0.25) is 0 Å². The van der Waals surface area contributed by atoms with Crippen molar-refractivity contribution in [3.05, 3.63) is 22.7 Å². The topological polar surface area (TPSA) is 108 Å². The van der Waals surface area contributed by atoms with Crippen LogP contribution in [0.5, 0.6) is 5.75 Å². The quantitative estimate of drug-likeness (QED) is 0.622. The second kappa shape index (κ2) is 7.71. The highest BCUT2D eigenvalue weighted by atomic mass is 79.9. The summed E-state index contributed by atoms with van der Waals surface area (Å²) in [5.41, 5.74) is 0.396. The van der Waals surface area contributed by atoms with Crippen LogP contribution in [0.15, 0.2) is 22.7 Å². The highest BCUT2D eigenvalue weighted by molar-refractivity contribution is 9.10. The van der Waals surface area contributed by atoms with E-state index in [1.807, 2.05) is 0 Å². The smallest absolute Gasteiger partial charge is 0.326 e.